The zero-order chi connectivity index (χ0) is 9.42. The van der Waals surface area contributed by atoms with E-state index in [9.17, 15) is 9.18 Å². The lowest BCUT2D eigenvalue weighted by molar-refractivity contribution is 0.0963. The van der Waals surface area contributed by atoms with Crippen molar-refractivity contribution in [2.24, 2.45) is 5.92 Å². The third kappa shape index (κ3) is 1.11. The Bertz CT molecular complexity index is 419. The van der Waals surface area contributed by atoms with Gasteiger partial charge in [-0.25, -0.2) is 4.39 Å². The Labute approximate surface area is 74.6 Å². The number of nitrogens with zero attached hydrogens (tertiary/aromatic N) is 1. The van der Waals surface area contributed by atoms with E-state index in [1.54, 1.807) is 6.07 Å². The van der Waals surface area contributed by atoms with Crippen molar-refractivity contribution in [2.75, 3.05) is 0 Å². The molecule has 0 fully saturated rings. The normalized spacial score (nSPS) is 19.7. The molecule has 0 spiro atoms. The molecule has 0 amide bonds. The smallest absolute Gasteiger partial charge is 0.180 e. The molecule has 0 bridgehead atoms. The molecule has 1 aliphatic rings. The first-order valence-corrected chi connectivity index (χ1v) is 3.94. The summed E-state index contributed by atoms with van der Waals surface area (Å²) in [5, 5.41) is 8.61. The van der Waals surface area contributed by atoms with Gasteiger partial charge in [-0.3, -0.25) is 4.79 Å². The molecule has 1 aliphatic carbocycles. The minimum absolute atomic E-state index is 0.253. The molecule has 1 unspecified atom stereocenters. The summed E-state index contributed by atoms with van der Waals surface area (Å²) in [4.78, 5) is 11.4. The van der Waals surface area contributed by atoms with Gasteiger partial charge in [0.2, 0.25) is 0 Å². The van der Waals surface area contributed by atoms with E-state index in [2.05, 4.69) is 0 Å². The maximum atomic E-state index is 12.7. The number of nitriles is 1. The summed E-state index contributed by atoms with van der Waals surface area (Å²) in [6.07, 6.45) is 0.422. The van der Waals surface area contributed by atoms with Crippen LogP contribution in [0, 0.1) is 23.1 Å². The minimum atomic E-state index is -0.614. The Morgan fingerprint density at radius 2 is 2.31 bits per heavy atom. The van der Waals surface area contributed by atoms with Crippen molar-refractivity contribution in [1.29, 1.82) is 5.26 Å². The fourth-order valence-electron chi connectivity index (χ4n) is 1.56. The molecule has 0 aromatic heterocycles. The second-order valence-electron chi connectivity index (χ2n) is 3.05. The molecular formula is C10H6FNO. The molecule has 0 aliphatic heterocycles. The van der Waals surface area contributed by atoms with Crippen molar-refractivity contribution >= 4 is 5.78 Å². The molecule has 0 heterocycles. The van der Waals surface area contributed by atoms with E-state index in [0.29, 0.717) is 12.0 Å². The predicted molar refractivity (Wildman–Crippen MR) is 43.5 cm³/mol. The van der Waals surface area contributed by atoms with Crippen LogP contribution in [-0.2, 0) is 6.42 Å². The number of hydrogen-bond donors (Lipinski definition) is 0. The monoisotopic (exact) mass is 175 g/mol. The van der Waals surface area contributed by atoms with Crippen LogP contribution in [0.2, 0.25) is 0 Å². The van der Waals surface area contributed by atoms with Crippen LogP contribution in [0.15, 0.2) is 18.2 Å². The third-order valence-corrected chi connectivity index (χ3v) is 2.23. The molecule has 0 N–H and O–H groups in total. The second-order valence-corrected chi connectivity index (χ2v) is 3.05. The van der Waals surface area contributed by atoms with Crippen molar-refractivity contribution in [2.45, 2.75) is 6.42 Å². The largest absolute Gasteiger partial charge is 0.293 e. The highest BCUT2D eigenvalue weighted by Gasteiger charge is 2.30. The lowest BCUT2D eigenvalue weighted by Gasteiger charge is -1.94. The molecular weight excluding hydrogens is 169 g/mol. The molecule has 0 radical (unpaired) electrons. The number of rotatable bonds is 0. The van der Waals surface area contributed by atoms with Crippen molar-refractivity contribution < 1.29 is 9.18 Å². The Morgan fingerprint density at radius 1 is 1.54 bits per heavy atom. The minimum Gasteiger partial charge on any atom is -0.293 e. The first-order valence-electron chi connectivity index (χ1n) is 3.94. The Hall–Kier alpha value is -1.69. The van der Waals surface area contributed by atoms with Crippen LogP contribution < -0.4 is 0 Å². The number of ketones is 1. The summed E-state index contributed by atoms with van der Waals surface area (Å²) in [6.45, 7) is 0. The van der Waals surface area contributed by atoms with E-state index in [-0.39, 0.29) is 5.78 Å². The molecule has 0 saturated carbocycles. The summed E-state index contributed by atoms with van der Waals surface area (Å²) in [5.74, 6) is -1.29. The molecule has 13 heavy (non-hydrogen) atoms. The van der Waals surface area contributed by atoms with E-state index >= 15 is 0 Å². The van der Waals surface area contributed by atoms with Gasteiger partial charge in [-0.1, -0.05) is 6.07 Å². The first kappa shape index (κ1) is 7.93. The summed E-state index contributed by atoms with van der Waals surface area (Å²) in [6, 6.07) is 5.99. The Balaban J connectivity index is 2.52. The molecule has 1 atom stereocenters. The van der Waals surface area contributed by atoms with E-state index in [1.165, 1.54) is 12.1 Å². The highest BCUT2D eigenvalue weighted by Crippen LogP contribution is 2.26. The standard InChI is InChI=1S/C10H6FNO/c11-8-2-1-6-3-7(5-12)10(13)9(6)4-8/h1-2,4,7H,3H2. The number of hydrogen-bond acceptors (Lipinski definition) is 2. The molecule has 64 valence electrons. The van der Waals surface area contributed by atoms with Crippen molar-refractivity contribution in [3.8, 4) is 6.07 Å². The molecule has 0 saturated heterocycles. The Morgan fingerprint density at radius 3 is 3.00 bits per heavy atom. The van der Waals surface area contributed by atoms with Crippen LogP contribution in [-0.4, -0.2) is 5.78 Å². The highest BCUT2D eigenvalue weighted by atomic mass is 19.1. The molecule has 1 aromatic carbocycles. The van der Waals surface area contributed by atoms with Gasteiger partial charge >= 0.3 is 0 Å². The van der Waals surface area contributed by atoms with Gasteiger partial charge in [0, 0.05) is 5.56 Å². The zero-order valence-electron chi connectivity index (χ0n) is 6.75. The maximum Gasteiger partial charge on any atom is 0.180 e. The van der Waals surface area contributed by atoms with Crippen LogP contribution in [0.1, 0.15) is 15.9 Å². The number of Topliss-reactive ketones (excluding diaryl/α,β-unsaturated/α-hetero) is 1. The van der Waals surface area contributed by atoms with Gasteiger partial charge < -0.3 is 0 Å². The van der Waals surface area contributed by atoms with E-state index < -0.39 is 11.7 Å². The summed E-state index contributed by atoms with van der Waals surface area (Å²) in [5.41, 5.74) is 1.14. The van der Waals surface area contributed by atoms with Crippen LogP contribution in [0.3, 0.4) is 0 Å². The van der Waals surface area contributed by atoms with Gasteiger partial charge in [-0.15, -0.1) is 0 Å². The van der Waals surface area contributed by atoms with Gasteiger partial charge in [-0.2, -0.15) is 5.26 Å². The van der Waals surface area contributed by atoms with Gasteiger partial charge in [0.15, 0.2) is 5.78 Å². The fraction of sp³-hybridized carbons (Fsp3) is 0.200. The lowest BCUT2D eigenvalue weighted by atomic mass is 10.1. The van der Waals surface area contributed by atoms with Gasteiger partial charge in [0.1, 0.15) is 11.7 Å². The van der Waals surface area contributed by atoms with Gasteiger partial charge in [-0.05, 0) is 24.1 Å². The van der Waals surface area contributed by atoms with Gasteiger partial charge in [0.25, 0.3) is 0 Å². The molecule has 2 rings (SSSR count). The van der Waals surface area contributed by atoms with Crippen molar-refractivity contribution in [3.63, 3.8) is 0 Å². The number of carbonyl (C=O) groups excluding carboxylic acids is 1. The molecule has 2 nitrogen and oxygen atoms in total. The average molecular weight is 175 g/mol. The molecule has 3 heteroatoms. The third-order valence-electron chi connectivity index (χ3n) is 2.23. The maximum absolute atomic E-state index is 12.7. The highest BCUT2D eigenvalue weighted by molar-refractivity contribution is 6.03. The van der Waals surface area contributed by atoms with Crippen LogP contribution in [0.5, 0.6) is 0 Å². The summed E-state index contributed by atoms with van der Waals surface area (Å²) in [7, 11) is 0. The lowest BCUT2D eigenvalue weighted by Crippen LogP contribution is -2.05. The van der Waals surface area contributed by atoms with Crippen LogP contribution in [0.4, 0.5) is 4.39 Å². The van der Waals surface area contributed by atoms with Crippen molar-refractivity contribution in [3.05, 3.63) is 35.1 Å². The fourth-order valence-corrected chi connectivity index (χ4v) is 1.56. The SMILES string of the molecule is N#CC1Cc2ccc(F)cc2C1=O. The van der Waals surface area contributed by atoms with Crippen molar-refractivity contribution in [1.82, 2.24) is 0 Å². The predicted octanol–water partition coefficient (Wildman–Crippen LogP) is 1.70. The van der Waals surface area contributed by atoms with E-state index in [1.807, 2.05) is 6.07 Å². The zero-order valence-corrected chi connectivity index (χ0v) is 6.75. The number of halogens is 1. The second kappa shape index (κ2) is 2.67. The number of carbonyl (C=O) groups is 1. The first-order chi connectivity index (χ1) is 6.22. The number of fused-ring (bicyclic) bond motifs is 1. The van der Waals surface area contributed by atoms with E-state index in [0.717, 1.165) is 5.56 Å². The number of benzene rings is 1. The van der Waals surface area contributed by atoms with Gasteiger partial charge in [0.05, 0.1) is 6.07 Å². The van der Waals surface area contributed by atoms with E-state index in [4.69, 9.17) is 5.26 Å². The average Bonchev–Trinajstić information content (AvgIpc) is 2.44. The van der Waals surface area contributed by atoms with Crippen LogP contribution in [0.25, 0.3) is 0 Å². The molecule has 1 aromatic rings. The quantitative estimate of drug-likeness (QED) is 0.602. The topological polar surface area (TPSA) is 40.9 Å². The summed E-state index contributed by atoms with van der Waals surface area (Å²) >= 11 is 0. The Kier molecular flexibility index (Phi) is 1.63. The van der Waals surface area contributed by atoms with Crippen LogP contribution >= 0.6 is 0 Å². The summed E-state index contributed by atoms with van der Waals surface area (Å²) < 4.78 is 12.7.